The second-order valence-corrected chi connectivity index (χ2v) is 8.12. The van der Waals surface area contributed by atoms with E-state index in [1.54, 1.807) is 26.0 Å². The van der Waals surface area contributed by atoms with Crippen LogP contribution in [0.1, 0.15) is 34.6 Å². The van der Waals surface area contributed by atoms with Crippen LogP contribution in [0.5, 0.6) is 11.5 Å². The molecular formula is C21H25NO7S. The van der Waals surface area contributed by atoms with Gasteiger partial charge in [0.15, 0.2) is 6.61 Å². The van der Waals surface area contributed by atoms with Crippen LogP contribution in [-0.4, -0.2) is 58.4 Å². The van der Waals surface area contributed by atoms with Gasteiger partial charge in [-0.05, 0) is 36.4 Å². The molecule has 0 N–H and O–H groups in total. The third-order valence-corrected chi connectivity index (χ3v) is 6.54. The number of methoxy groups -OCH3 is 2. The molecule has 8 nitrogen and oxygen atoms in total. The lowest BCUT2D eigenvalue weighted by Crippen LogP contribution is -2.30. The Hall–Kier alpha value is -2.91. The number of sulfonamides is 1. The lowest BCUT2D eigenvalue weighted by Gasteiger charge is -2.18. The molecule has 162 valence electrons. The molecule has 0 aliphatic heterocycles. The largest absolute Gasteiger partial charge is 0.497 e. The minimum Gasteiger partial charge on any atom is -0.497 e. The Morgan fingerprint density at radius 1 is 0.933 bits per heavy atom. The van der Waals surface area contributed by atoms with Gasteiger partial charge in [-0.15, -0.1) is 0 Å². The standard InChI is InChI=1S/C21H25NO7S/c1-5-22(6-2)30(25,26)17-10-7-15(8-11-17)21(24)29-14-19(23)18-12-9-16(27-3)13-20(18)28-4/h7-13H,5-6,14H2,1-4H3. The van der Waals surface area contributed by atoms with E-state index in [4.69, 9.17) is 14.2 Å². The van der Waals surface area contributed by atoms with E-state index in [0.29, 0.717) is 24.6 Å². The van der Waals surface area contributed by atoms with Gasteiger partial charge in [0.25, 0.3) is 0 Å². The van der Waals surface area contributed by atoms with Gasteiger partial charge in [-0.2, -0.15) is 4.31 Å². The van der Waals surface area contributed by atoms with Crippen LogP contribution in [-0.2, 0) is 14.8 Å². The van der Waals surface area contributed by atoms with E-state index in [-0.39, 0.29) is 16.0 Å². The van der Waals surface area contributed by atoms with Gasteiger partial charge in [0, 0.05) is 19.2 Å². The van der Waals surface area contributed by atoms with E-state index in [2.05, 4.69) is 0 Å². The van der Waals surface area contributed by atoms with Crippen LogP contribution in [0.3, 0.4) is 0 Å². The van der Waals surface area contributed by atoms with Crippen LogP contribution >= 0.6 is 0 Å². The van der Waals surface area contributed by atoms with Crippen molar-refractivity contribution in [2.75, 3.05) is 33.9 Å². The number of ketones is 1. The minimum absolute atomic E-state index is 0.0850. The van der Waals surface area contributed by atoms with Crippen molar-refractivity contribution in [3.63, 3.8) is 0 Å². The Bertz CT molecular complexity index is 997. The van der Waals surface area contributed by atoms with Crippen LogP contribution in [0, 0.1) is 0 Å². The number of hydrogen-bond acceptors (Lipinski definition) is 7. The summed E-state index contributed by atoms with van der Waals surface area (Å²) in [4.78, 5) is 24.7. The number of hydrogen-bond donors (Lipinski definition) is 0. The Morgan fingerprint density at radius 2 is 1.57 bits per heavy atom. The molecule has 0 amide bonds. The Labute approximate surface area is 176 Å². The van der Waals surface area contributed by atoms with Gasteiger partial charge in [0.2, 0.25) is 15.8 Å². The van der Waals surface area contributed by atoms with Crippen molar-refractivity contribution < 1.29 is 32.2 Å². The molecule has 0 fully saturated rings. The summed E-state index contributed by atoms with van der Waals surface area (Å²) in [6.45, 7) is 3.71. The highest BCUT2D eigenvalue weighted by atomic mass is 32.2. The van der Waals surface area contributed by atoms with Gasteiger partial charge in [0.05, 0.1) is 30.2 Å². The fourth-order valence-corrected chi connectivity index (χ4v) is 4.25. The van der Waals surface area contributed by atoms with Crippen molar-refractivity contribution in [3.8, 4) is 11.5 Å². The first-order valence-electron chi connectivity index (χ1n) is 9.31. The second kappa shape index (κ2) is 10.2. The number of nitrogens with zero attached hydrogens (tertiary/aromatic N) is 1. The highest BCUT2D eigenvalue weighted by molar-refractivity contribution is 7.89. The lowest BCUT2D eigenvalue weighted by atomic mass is 10.1. The molecule has 0 aliphatic carbocycles. The van der Waals surface area contributed by atoms with E-state index in [1.165, 1.54) is 48.9 Å². The Kier molecular flexibility index (Phi) is 7.96. The fraction of sp³-hybridized carbons (Fsp3) is 0.333. The van der Waals surface area contributed by atoms with Gasteiger partial charge in [-0.3, -0.25) is 4.79 Å². The Morgan fingerprint density at radius 3 is 2.10 bits per heavy atom. The number of carbonyl (C=O) groups excluding carboxylic acids is 2. The van der Waals surface area contributed by atoms with Crippen LogP contribution in [0.25, 0.3) is 0 Å². The number of benzene rings is 2. The molecule has 30 heavy (non-hydrogen) atoms. The van der Waals surface area contributed by atoms with Gasteiger partial charge in [-0.1, -0.05) is 13.8 Å². The van der Waals surface area contributed by atoms with Crippen LogP contribution in [0.15, 0.2) is 47.4 Å². The van der Waals surface area contributed by atoms with E-state index in [9.17, 15) is 18.0 Å². The summed E-state index contributed by atoms with van der Waals surface area (Å²) in [5, 5.41) is 0. The highest BCUT2D eigenvalue weighted by Gasteiger charge is 2.22. The molecule has 0 saturated heterocycles. The first-order chi connectivity index (χ1) is 14.3. The second-order valence-electron chi connectivity index (χ2n) is 6.18. The van der Waals surface area contributed by atoms with Gasteiger partial charge in [0.1, 0.15) is 11.5 Å². The predicted octanol–water partition coefficient (Wildman–Crippen LogP) is 2.77. The summed E-state index contributed by atoms with van der Waals surface area (Å²) < 4.78 is 41.7. The molecule has 0 aliphatic rings. The van der Waals surface area contributed by atoms with E-state index >= 15 is 0 Å². The number of Topliss-reactive ketones (excluding diaryl/α,β-unsaturated/α-hetero) is 1. The lowest BCUT2D eigenvalue weighted by molar-refractivity contribution is 0.0474. The zero-order valence-electron chi connectivity index (χ0n) is 17.4. The van der Waals surface area contributed by atoms with Crippen LogP contribution < -0.4 is 9.47 Å². The first-order valence-corrected chi connectivity index (χ1v) is 10.7. The summed E-state index contributed by atoms with van der Waals surface area (Å²) in [5.74, 6) is -0.340. The van der Waals surface area contributed by atoms with Gasteiger partial charge < -0.3 is 14.2 Å². The predicted molar refractivity (Wildman–Crippen MR) is 111 cm³/mol. The van der Waals surface area contributed by atoms with E-state index in [1.807, 2.05) is 0 Å². The van der Waals surface area contributed by atoms with Crippen LogP contribution in [0.4, 0.5) is 0 Å². The highest BCUT2D eigenvalue weighted by Crippen LogP contribution is 2.25. The Balaban J connectivity index is 2.08. The fourth-order valence-electron chi connectivity index (χ4n) is 2.80. The molecule has 0 spiro atoms. The van der Waals surface area contributed by atoms with Crippen LogP contribution in [0.2, 0.25) is 0 Å². The molecule has 2 aromatic carbocycles. The molecule has 0 heterocycles. The SMILES string of the molecule is CCN(CC)S(=O)(=O)c1ccc(C(=O)OCC(=O)c2ccc(OC)cc2OC)cc1. The molecular weight excluding hydrogens is 410 g/mol. The normalized spacial score (nSPS) is 11.2. The number of rotatable bonds is 10. The molecule has 0 aromatic heterocycles. The third kappa shape index (κ3) is 5.17. The molecule has 2 rings (SSSR count). The zero-order valence-corrected chi connectivity index (χ0v) is 18.2. The van der Waals surface area contributed by atoms with E-state index < -0.39 is 28.4 Å². The van der Waals surface area contributed by atoms with Crippen molar-refractivity contribution in [2.45, 2.75) is 18.7 Å². The zero-order chi connectivity index (χ0) is 22.3. The van der Waals surface area contributed by atoms with Crippen molar-refractivity contribution in [2.24, 2.45) is 0 Å². The maximum Gasteiger partial charge on any atom is 0.338 e. The monoisotopic (exact) mass is 435 g/mol. The minimum atomic E-state index is -3.62. The average Bonchev–Trinajstić information content (AvgIpc) is 2.77. The molecule has 0 bridgehead atoms. The summed E-state index contributed by atoms with van der Waals surface area (Å²) >= 11 is 0. The van der Waals surface area contributed by atoms with Crippen molar-refractivity contribution >= 4 is 21.8 Å². The van der Waals surface area contributed by atoms with Crippen molar-refractivity contribution in [1.29, 1.82) is 0 Å². The molecule has 0 atom stereocenters. The average molecular weight is 435 g/mol. The van der Waals surface area contributed by atoms with Crippen molar-refractivity contribution in [1.82, 2.24) is 4.31 Å². The number of ether oxygens (including phenoxy) is 3. The van der Waals surface area contributed by atoms with E-state index in [0.717, 1.165) is 0 Å². The maximum absolute atomic E-state index is 12.5. The summed E-state index contributed by atoms with van der Waals surface area (Å²) in [6, 6.07) is 10.1. The third-order valence-electron chi connectivity index (χ3n) is 4.48. The molecule has 9 heteroatoms. The summed E-state index contributed by atoms with van der Waals surface area (Å²) in [6.07, 6.45) is 0. The maximum atomic E-state index is 12.5. The number of carbonyl (C=O) groups is 2. The summed E-state index contributed by atoms with van der Waals surface area (Å²) in [5.41, 5.74) is 0.398. The number of esters is 1. The summed E-state index contributed by atoms with van der Waals surface area (Å²) in [7, 11) is -0.697. The van der Waals surface area contributed by atoms with Gasteiger partial charge in [-0.25, -0.2) is 13.2 Å². The topological polar surface area (TPSA) is 99.2 Å². The molecule has 0 saturated carbocycles. The molecule has 0 unspecified atom stereocenters. The van der Waals surface area contributed by atoms with Crippen molar-refractivity contribution in [3.05, 3.63) is 53.6 Å². The quantitative estimate of drug-likeness (QED) is 0.418. The molecule has 0 radical (unpaired) electrons. The first kappa shape index (κ1) is 23.4. The van der Waals surface area contributed by atoms with Gasteiger partial charge >= 0.3 is 5.97 Å². The molecule has 2 aromatic rings. The smallest absolute Gasteiger partial charge is 0.338 e.